The van der Waals surface area contributed by atoms with Crippen molar-refractivity contribution < 1.29 is 14.3 Å². The number of nitrogens with zero attached hydrogens (tertiary/aromatic N) is 1. The number of hydrogen-bond donors (Lipinski definition) is 3. The lowest BCUT2D eigenvalue weighted by atomic mass is 10.1. The van der Waals surface area contributed by atoms with Crippen LogP contribution in [0.4, 0.5) is 11.4 Å². The zero-order valence-corrected chi connectivity index (χ0v) is 14.6. The fraction of sp³-hybridized carbons (Fsp3) is 0.211. The maximum atomic E-state index is 11.9. The van der Waals surface area contributed by atoms with Gasteiger partial charge in [-0.1, -0.05) is 17.7 Å². The summed E-state index contributed by atoms with van der Waals surface area (Å²) in [5.74, 6) is 0.173. The van der Waals surface area contributed by atoms with Crippen molar-refractivity contribution in [3.05, 3.63) is 53.6 Å². The van der Waals surface area contributed by atoms with Gasteiger partial charge in [0.25, 0.3) is 11.8 Å². The minimum absolute atomic E-state index is 0.0173. The van der Waals surface area contributed by atoms with Gasteiger partial charge in [0.15, 0.2) is 6.61 Å². The number of nitrogens with one attached hydrogen (secondary N) is 3. The highest BCUT2D eigenvalue weighted by Gasteiger charge is 2.16. The summed E-state index contributed by atoms with van der Waals surface area (Å²) in [5.41, 5.74) is 6.55. The van der Waals surface area contributed by atoms with Gasteiger partial charge in [-0.2, -0.15) is 5.10 Å². The highest BCUT2D eigenvalue weighted by atomic mass is 16.5. The molecule has 0 radical (unpaired) electrons. The van der Waals surface area contributed by atoms with E-state index in [1.165, 1.54) is 0 Å². The van der Waals surface area contributed by atoms with Gasteiger partial charge in [-0.3, -0.25) is 9.59 Å². The van der Waals surface area contributed by atoms with Crippen LogP contribution in [-0.4, -0.2) is 30.7 Å². The number of anilines is 2. The molecule has 2 aromatic rings. The molecule has 2 aromatic carbocycles. The molecule has 1 heterocycles. The van der Waals surface area contributed by atoms with Crippen LogP contribution in [0.25, 0.3) is 0 Å². The van der Waals surface area contributed by atoms with E-state index in [0.29, 0.717) is 17.1 Å². The summed E-state index contributed by atoms with van der Waals surface area (Å²) >= 11 is 0. The first-order valence-corrected chi connectivity index (χ1v) is 8.22. The number of hydrazone groups is 1. The summed E-state index contributed by atoms with van der Waals surface area (Å²) in [4.78, 5) is 23.3. The second-order valence-electron chi connectivity index (χ2n) is 6.00. The Morgan fingerprint density at radius 3 is 2.77 bits per heavy atom. The van der Waals surface area contributed by atoms with Crippen LogP contribution in [0.5, 0.6) is 5.75 Å². The third-order valence-electron chi connectivity index (χ3n) is 3.88. The number of carbonyl (C=O) groups excluding carboxylic acids is 2. The molecule has 1 aliphatic rings. The molecule has 0 aromatic heterocycles. The fourth-order valence-corrected chi connectivity index (χ4v) is 2.41. The lowest BCUT2D eigenvalue weighted by molar-refractivity contribution is -0.119. The van der Waals surface area contributed by atoms with Crippen molar-refractivity contribution >= 4 is 28.9 Å². The Morgan fingerprint density at radius 1 is 1.23 bits per heavy atom. The average molecular weight is 352 g/mol. The maximum Gasteiger partial charge on any atom is 0.262 e. The first kappa shape index (κ1) is 17.5. The summed E-state index contributed by atoms with van der Waals surface area (Å²) < 4.78 is 5.32. The van der Waals surface area contributed by atoms with Gasteiger partial charge in [0.2, 0.25) is 0 Å². The molecular formula is C19H20N4O3. The van der Waals surface area contributed by atoms with Gasteiger partial charge in [0.05, 0.1) is 17.9 Å². The third kappa shape index (κ3) is 4.38. The topological polar surface area (TPSA) is 91.8 Å². The monoisotopic (exact) mass is 352 g/mol. The van der Waals surface area contributed by atoms with Crippen LogP contribution in [0.15, 0.2) is 47.6 Å². The van der Waals surface area contributed by atoms with Gasteiger partial charge in [-0.15, -0.1) is 0 Å². The molecule has 0 aliphatic carbocycles. The smallest absolute Gasteiger partial charge is 0.262 e. The third-order valence-corrected chi connectivity index (χ3v) is 3.88. The highest BCUT2D eigenvalue weighted by molar-refractivity contribution is 6.02. The van der Waals surface area contributed by atoms with E-state index >= 15 is 0 Å². The predicted octanol–water partition coefficient (Wildman–Crippen LogP) is 2.28. The molecule has 0 bridgehead atoms. The molecular weight excluding hydrogens is 332 g/mol. The van der Waals surface area contributed by atoms with Crippen LogP contribution >= 0.6 is 0 Å². The van der Waals surface area contributed by atoms with Crippen molar-refractivity contribution in [3.8, 4) is 5.75 Å². The Morgan fingerprint density at radius 2 is 2.00 bits per heavy atom. The van der Waals surface area contributed by atoms with Crippen molar-refractivity contribution in [2.75, 3.05) is 23.8 Å². The van der Waals surface area contributed by atoms with Crippen molar-refractivity contribution in [1.29, 1.82) is 0 Å². The molecule has 2 amide bonds. The van der Waals surface area contributed by atoms with E-state index in [1.54, 1.807) is 19.1 Å². The Bertz CT molecular complexity index is 860. The molecule has 3 N–H and O–H groups in total. The van der Waals surface area contributed by atoms with Gasteiger partial charge < -0.3 is 15.4 Å². The zero-order valence-electron chi connectivity index (χ0n) is 14.6. The van der Waals surface area contributed by atoms with E-state index < -0.39 is 0 Å². The Balaban J connectivity index is 1.57. The normalized spacial score (nSPS) is 13.3. The van der Waals surface area contributed by atoms with E-state index in [2.05, 4.69) is 21.2 Å². The largest absolute Gasteiger partial charge is 0.482 e. The van der Waals surface area contributed by atoms with Gasteiger partial charge in [0, 0.05) is 5.69 Å². The Labute approximate surface area is 151 Å². The SMILES string of the molecule is C/C(=N/NC(=O)CNc1ccc(C)cc1)c1ccc2c(c1)NC(=O)CO2. The number of carbonyl (C=O) groups is 2. The molecule has 1 aliphatic heterocycles. The molecule has 0 saturated carbocycles. The van der Waals surface area contributed by atoms with E-state index in [0.717, 1.165) is 16.8 Å². The van der Waals surface area contributed by atoms with Crippen LogP contribution in [0.1, 0.15) is 18.1 Å². The minimum atomic E-state index is -0.250. The number of aryl methyl sites for hydroxylation is 1. The summed E-state index contributed by atoms with van der Waals surface area (Å²) in [6.45, 7) is 3.92. The van der Waals surface area contributed by atoms with E-state index in [-0.39, 0.29) is 25.0 Å². The van der Waals surface area contributed by atoms with E-state index in [1.807, 2.05) is 37.3 Å². The zero-order chi connectivity index (χ0) is 18.5. The molecule has 0 fully saturated rings. The second kappa shape index (κ2) is 7.69. The molecule has 134 valence electrons. The van der Waals surface area contributed by atoms with Crippen LogP contribution in [-0.2, 0) is 9.59 Å². The lowest BCUT2D eigenvalue weighted by Crippen LogP contribution is -2.27. The van der Waals surface area contributed by atoms with Crippen LogP contribution in [0.3, 0.4) is 0 Å². The summed E-state index contributed by atoms with van der Waals surface area (Å²) in [6, 6.07) is 13.1. The molecule has 0 spiro atoms. The number of benzene rings is 2. The molecule has 0 unspecified atom stereocenters. The summed E-state index contributed by atoms with van der Waals surface area (Å²) in [5, 5.41) is 9.89. The van der Waals surface area contributed by atoms with Crippen molar-refractivity contribution in [1.82, 2.24) is 5.43 Å². The van der Waals surface area contributed by atoms with Crippen LogP contribution < -0.4 is 20.8 Å². The predicted molar refractivity (Wildman–Crippen MR) is 101 cm³/mol. The fourth-order valence-electron chi connectivity index (χ4n) is 2.41. The average Bonchev–Trinajstić information content (AvgIpc) is 2.65. The van der Waals surface area contributed by atoms with E-state index in [9.17, 15) is 9.59 Å². The first-order chi connectivity index (χ1) is 12.5. The first-order valence-electron chi connectivity index (χ1n) is 8.22. The molecule has 7 heteroatoms. The molecule has 26 heavy (non-hydrogen) atoms. The summed E-state index contributed by atoms with van der Waals surface area (Å²) in [6.07, 6.45) is 0. The van der Waals surface area contributed by atoms with Gasteiger partial charge in [-0.05, 0) is 49.7 Å². The molecule has 3 rings (SSSR count). The Kier molecular flexibility index (Phi) is 5.17. The van der Waals surface area contributed by atoms with Gasteiger partial charge in [-0.25, -0.2) is 5.43 Å². The summed E-state index contributed by atoms with van der Waals surface area (Å²) in [7, 11) is 0. The number of fused-ring (bicyclic) bond motifs is 1. The molecule has 0 saturated heterocycles. The standard InChI is InChI=1S/C19H20N4O3/c1-12-3-6-15(7-4-12)20-10-18(24)23-22-13(2)14-5-8-17-16(9-14)21-19(25)11-26-17/h3-9,20H,10-11H2,1-2H3,(H,21,25)(H,23,24)/b22-13-. The number of rotatable bonds is 5. The van der Waals surface area contributed by atoms with Gasteiger partial charge in [0.1, 0.15) is 5.75 Å². The molecule has 7 nitrogen and oxygen atoms in total. The Hall–Kier alpha value is -3.35. The van der Waals surface area contributed by atoms with Crippen molar-refractivity contribution in [2.24, 2.45) is 5.10 Å². The van der Waals surface area contributed by atoms with Crippen LogP contribution in [0, 0.1) is 6.92 Å². The quantitative estimate of drug-likeness (QED) is 0.569. The molecule has 0 atom stereocenters. The van der Waals surface area contributed by atoms with Gasteiger partial charge >= 0.3 is 0 Å². The van der Waals surface area contributed by atoms with E-state index in [4.69, 9.17) is 4.74 Å². The lowest BCUT2D eigenvalue weighted by Gasteiger charge is -2.18. The van der Waals surface area contributed by atoms with Crippen molar-refractivity contribution in [2.45, 2.75) is 13.8 Å². The maximum absolute atomic E-state index is 11.9. The van der Waals surface area contributed by atoms with Crippen LogP contribution in [0.2, 0.25) is 0 Å². The second-order valence-corrected chi connectivity index (χ2v) is 6.00. The number of amides is 2. The number of ether oxygens (including phenoxy) is 1. The van der Waals surface area contributed by atoms with Crippen molar-refractivity contribution in [3.63, 3.8) is 0 Å². The number of hydrogen-bond acceptors (Lipinski definition) is 5. The highest BCUT2D eigenvalue weighted by Crippen LogP contribution is 2.28. The minimum Gasteiger partial charge on any atom is -0.482 e.